The van der Waals surface area contributed by atoms with E-state index in [0.29, 0.717) is 0 Å². The summed E-state index contributed by atoms with van der Waals surface area (Å²) in [6.07, 6.45) is 0. The molecule has 0 radical (unpaired) electrons. The topological polar surface area (TPSA) is 29.1 Å². The van der Waals surface area contributed by atoms with Crippen LogP contribution < -0.4 is 5.32 Å². The monoisotopic (exact) mass is 255 g/mol. The van der Waals surface area contributed by atoms with Crippen LogP contribution in [0.1, 0.15) is 6.92 Å². The molecule has 0 aliphatic carbocycles. The number of benzene rings is 1. The van der Waals surface area contributed by atoms with Gasteiger partial charge in [0.15, 0.2) is 23.3 Å². The number of carbonyl (C=O) groups excluding carboxylic acids is 1. The highest BCUT2D eigenvalue weighted by Gasteiger charge is 2.22. The van der Waals surface area contributed by atoms with Gasteiger partial charge in [0, 0.05) is 6.07 Å². The van der Waals surface area contributed by atoms with Crippen molar-refractivity contribution in [2.45, 2.75) is 12.3 Å². The van der Waals surface area contributed by atoms with Crippen LogP contribution in [0.25, 0.3) is 0 Å². The molecule has 0 bridgehead atoms. The van der Waals surface area contributed by atoms with E-state index >= 15 is 0 Å². The Morgan fingerprint density at radius 1 is 1.25 bits per heavy atom. The van der Waals surface area contributed by atoms with Gasteiger partial charge in [-0.15, -0.1) is 11.6 Å². The summed E-state index contributed by atoms with van der Waals surface area (Å²) < 4.78 is 51.5. The quantitative estimate of drug-likeness (QED) is 0.491. The predicted molar refractivity (Wildman–Crippen MR) is 50.2 cm³/mol. The number of hydrogen-bond acceptors (Lipinski definition) is 1. The highest BCUT2D eigenvalue weighted by Crippen LogP contribution is 2.24. The van der Waals surface area contributed by atoms with E-state index in [1.54, 1.807) is 5.32 Å². The first-order chi connectivity index (χ1) is 7.34. The third kappa shape index (κ3) is 2.44. The molecule has 1 amide bonds. The molecule has 0 saturated heterocycles. The molecule has 0 saturated carbocycles. The Morgan fingerprint density at radius 3 is 2.06 bits per heavy atom. The maximum Gasteiger partial charge on any atom is 0.242 e. The lowest BCUT2D eigenvalue weighted by molar-refractivity contribution is -0.115. The van der Waals surface area contributed by atoms with Gasteiger partial charge in [-0.05, 0) is 6.92 Å². The zero-order valence-electron chi connectivity index (χ0n) is 7.95. The van der Waals surface area contributed by atoms with Gasteiger partial charge in [0.1, 0.15) is 11.1 Å². The summed E-state index contributed by atoms with van der Waals surface area (Å²) in [6, 6.07) is 0.0461. The summed E-state index contributed by atoms with van der Waals surface area (Å²) in [5, 5.41) is 0.566. The van der Waals surface area contributed by atoms with Crippen molar-refractivity contribution in [1.29, 1.82) is 0 Å². The van der Waals surface area contributed by atoms with Crippen LogP contribution in [-0.2, 0) is 4.79 Å². The normalized spacial score (nSPS) is 12.4. The van der Waals surface area contributed by atoms with E-state index in [1.807, 2.05) is 0 Å². The first kappa shape index (κ1) is 12.8. The fourth-order valence-electron chi connectivity index (χ4n) is 0.906. The van der Waals surface area contributed by atoms with Gasteiger partial charge in [0.05, 0.1) is 0 Å². The predicted octanol–water partition coefficient (Wildman–Crippen LogP) is 2.81. The van der Waals surface area contributed by atoms with Crippen molar-refractivity contribution in [2.75, 3.05) is 5.32 Å². The number of halogens is 5. The molecule has 16 heavy (non-hydrogen) atoms. The van der Waals surface area contributed by atoms with Gasteiger partial charge in [0.25, 0.3) is 0 Å². The molecule has 7 heteroatoms. The van der Waals surface area contributed by atoms with Crippen LogP contribution in [0.3, 0.4) is 0 Å². The van der Waals surface area contributed by atoms with E-state index in [-0.39, 0.29) is 6.07 Å². The highest BCUT2D eigenvalue weighted by molar-refractivity contribution is 6.32. The molecule has 0 fully saturated rings. The average molecular weight is 256 g/mol. The number of nitrogens with one attached hydrogen (secondary N) is 1. The van der Waals surface area contributed by atoms with E-state index in [1.165, 1.54) is 6.92 Å². The van der Waals surface area contributed by atoms with Gasteiger partial charge in [-0.1, -0.05) is 0 Å². The highest BCUT2D eigenvalue weighted by atomic mass is 35.5. The lowest BCUT2D eigenvalue weighted by atomic mass is 10.2. The fraction of sp³-hybridized carbons (Fsp3) is 0.222. The summed E-state index contributed by atoms with van der Waals surface area (Å²) in [6.45, 7) is 1.24. The molecule has 88 valence electrons. The smallest absolute Gasteiger partial charge is 0.242 e. The minimum Gasteiger partial charge on any atom is -0.320 e. The van der Waals surface area contributed by atoms with Gasteiger partial charge in [-0.3, -0.25) is 4.79 Å². The number of amides is 1. The molecule has 0 spiro atoms. The largest absolute Gasteiger partial charge is 0.320 e. The minimum absolute atomic E-state index is 0.0461. The summed E-state index contributed by atoms with van der Waals surface area (Å²) in [5.41, 5.74) is -1.19. The molecular weight excluding hydrogens is 250 g/mol. The third-order valence-corrected chi connectivity index (χ3v) is 1.92. The number of hydrogen-bond donors (Lipinski definition) is 1. The zero-order valence-corrected chi connectivity index (χ0v) is 8.71. The average Bonchev–Trinajstić information content (AvgIpc) is 2.21. The standard InChI is InChI=1S/C9H6ClF4NO/c1-3(10)9(16)15-8-6(13)4(11)2-5(12)7(8)14/h2-3H,1H3,(H,15,16)/t3-/m0/s1. The second-order valence-corrected chi connectivity index (χ2v) is 3.60. The minimum atomic E-state index is -1.68. The van der Waals surface area contributed by atoms with E-state index in [2.05, 4.69) is 0 Å². The SMILES string of the molecule is C[C@H](Cl)C(=O)Nc1c(F)c(F)cc(F)c1F. The number of carbonyl (C=O) groups is 1. The molecule has 1 atom stereocenters. The lowest BCUT2D eigenvalue weighted by Gasteiger charge is -2.09. The molecule has 1 N–H and O–H groups in total. The van der Waals surface area contributed by atoms with Crippen molar-refractivity contribution in [1.82, 2.24) is 0 Å². The van der Waals surface area contributed by atoms with Crippen molar-refractivity contribution in [3.63, 3.8) is 0 Å². The van der Waals surface area contributed by atoms with Gasteiger partial charge < -0.3 is 5.32 Å². The number of anilines is 1. The molecule has 1 rings (SSSR count). The molecule has 1 aromatic carbocycles. The second-order valence-electron chi connectivity index (χ2n) is 2.95. The van der Waals surface area contributed by atoms with Crippen molar-refractivity contribution < 1.29 is 22.4 Å². The molecule has 0 heterocycles. The van der Waals surface area contributed by atoms with Crippen LogP contribution in [0.15, 0.2) is 6.07 Å². The summed E-state index contributed by atoms with van der Waals surface area (Å²) >= 11 is 5.32. The first-order valence-electron chi connectivity index (χ1n) is 4.12. The van der Waals surface area contributed by atoms with E-state index < -0.39 is 40.2 Å². The maximum absolute atomic E-state index is 13.0. The Hall–Kier alpha value is -1.30. The van der Waals surface area contributed by atoms with Crippen molar-refractivity contribution in [3.8, 4) is 0 Å². The number of rotatable bonds is 2. The van der Waals surface area contributed by atoms with Crippen molar-refractivity contribution in [3.05, 3.63) is 29.3 Å². The van der Waals surface area contributed by atoms with E-state index in [9.17, 15) is 22.4 Å². The zero-order chi connectivity index (χ0) is 12.5. The van der Waals surface area contributed by atoms with Crippen LogP contribution in [0.4, 0.5) is 23.2 Å². The van der Waals surface area contributed by atoms with E-state index in [4.69, 9.17) is 11.6 Å². The van der Waals surface area contributed by atoms with Crippen molar-refractivity contribution in [2.24, 2.45) is 0 Å². The summed E-state index contributed by atoms with van der Waals surface area (Å²) in [4.78, 5) is 11.0. The first-order valence-corrected chi connectivity index (χ1v) is 4.56. The van der Waals surface area contributed by atoms with Crippen LogP contribution in [0.2, 0.25) is 0 Å². The van der Waals surface area contributed by atoms with Crippen molar-refractivity contribution >= 4 is 23.2 Å². The summed E-state index contributed by atoms with van der Waals surface area (Å²) in [5.74, 6) is -7.52. The van der Waals surface area contributed by atoms with Gasteiger partial charge in [-0.25, -0.2) is 17.6 Å². The molecule has 0 aliphatic heterocycles. The van der Waals surface area contributed by atoms with Crippen LogP contribution >= 0.6 is 11.6 Å². The fourth-order valence-corrected chi connectivity index (χ4v) is 0.960. The Morgan fingerprint density at radius 2 is 1.69 bits per heavy atom. The molecule has 2 nitrogen and oxygen atoms in total. The molecule has 0 aromatic heterocycles. The Kier molecular flexibility index (Phi) is 3.74. The Bertz CT molecular complexity index is 410. The number of alkyl halides is 1. The van der Waals surface area contributed by atoms with Crippen LogP contribution in [0.5, 0.6) is 0 Å². The Balaban J connectivity index is 3.18. The molecule has 0 unspecified atom stereocenters. The molecule has 1 aromatic rings. The van der Waals surface area contributed by atoms with Gasteiger partial charge in [0.2, 0.25) is 5.91 Å². The summed E-state index contributed by atoms with van der Waals surface area (Å²) in [7, 11) is 0. The lowest BCUT2D eigenvalue weighted by Crippen LogP contribution is -2.22. The van der Waals surface area contributed by atoms with E-state index in [0.717, 1.165) is 0 Å². The van der Waals surface area contributed by atoms with Crippen LogP contribution in [0, 0.1) is 23.3 Å². The maximum atomic E-state index is 13.0. The molecular formula is C9H6ClF4NO. The second kappa shape index (κ2) is 4.69. The van der Waals surface area contributed by atoms with Gasteiger partial charge >= 0.3 is 0 Å². The third-order valence-electron chi connectivity index (χ3n) is 1.72. The van der Waals surface area contributed by atoms with Gasteiger partial charge in [-0.2, -0.15) is 0 Å². The molecule has 0 aliphatic rings. The van der Waals surface area contributed by atoms with Crippen LogP contribution in [-0.4, -0.2) is 11.3 Å². The Labute approximate surface area is 93.2 Å².